The van der Waals surface area contributed by atoms with Crippen LogP contribution in [0.3, 0.4) is 0 Å². The number of nitrogens with one attached hydrogen (secondary N) is 1. The van der Waals surface area contributed by atoms with Crippen molar-refractivity contribution in [2.45, 2.75) is 18.9 Å². The molecule has 1 aliphatic carbocycles. The molecule has 0 spiro atoms. The van der Waals surface area contributed by atoms with E-state index < -0.39 is 9.84 Å². The van der Waals surface area contributed by atoms with E-state index in [4.69, 9.17) is 17.3 Å². The highest BCUT2D eigenvalue weighted by Crippen LogP contribution is 2.45. The summed E-state index contributed by atoms with van der Waals surface area (Å²) in [6, 6.07) is 3.21. The van der Waals surface area contributed by atoms with Crippen LogP contribution in [0.4, 0.5) is 11.6 Å². The number of imidazole rings is 1. The molecule has 2 aliphatic rings. The van der Waals surface area contributed by atoms with Crippen molar-refractivity contribution in [1.82, 2.24) is 29.3 Å². The molecule has 1 amide bonds. The lowest BCUT2D eigenvalue weighted by Gasteiger charge is -2.33. The number of hydrogen-bond donors (Lipinski definition) is 2. The number of pyridine rings is 1. The van der Waals surface area contributed by atoms with Crippen LogP contribution in [0.15, 0.2) is 37.1 Å². The van der Waals surface area contributed by atoms with Gasteiger partial charge in [-0.05, 0) is 30.9 Å². The standard InChI is InChI=1S/C22H23ClN8O3S/c23-15-10-14(22(30-12-25-11-16(15)30)29-6-8-35(33,34)9-7-29)18(13-2-3-13)27-21(32)17-19(24)28-31-5-1-4-26-20(17)31/h1,4-5,10-13,18H,2-3,6-9H2,(H2,24,28)(H,27,32). The lowest BCUT2D eigenvalue weighted by atomic mass is 10.0. The molecule has 4 aromatic rings. The average molecular weight is 515 g/mol. The van der Waals surface area contributed by atoms with Crippen LogP contribution in [0, 0.1) is 5.92 Å². The van der Waals surface area contributed by atoms with Crippen LogP contribution in [0.2, 0.25) is 5.02 Å². The van der Waals surface area contributed by atoms with Crippen molar-refractivity contribution >= 4 is 50.1 Å². The maximum absolute atomic E-state index is 13.5. The first-order valence-electron chi connectivity index (χ1n) is 11.3. The summed E-state index contributed by atoms with van der Waals surface area (Å²) in [7, 11) is -3.08. The molecule has 0 bridgehead atoms. The molecule has 13 heteroatoms. The van der Waals surface area contributed by atoms with Crippen molar-refractivity contribution in [1.29, 1.82) is 0 Å². The number of amides is 1. The predicted octanol–water partition coefficient (Wildman–Crippen LogP) is 1.73. The normalized spacial score (nSPS) is 18.7. The second-order valence-corrected chi connectivity index (χ2v) is 11.7. The molecule has 182 valence electrons. The van der Waals surface area contributed by atoms with Gasteiger partial charge in [0.2, 0.25) is 0 Å². The minimum absolute atomic E-state index is 0.0658. The van der Waals surface area contributed by atoms with E-state index in [1.165, 1.54) is 4.52 Å². The summed E-state index contributed by atoms with van der Waals surface area (Å²) in [4.78, 5) is 24.1. The average Bonchev–Trinajstić information content (AvgIpc) is 3.43. The molecule has 2 fully saturated rings. The minimum Gasteiger partial charge on any atom is -0.381 e. The van der Waals surface area contributed by atoms with Crippen molar-refractivity contribution in [2.24, 2.45) is 5.92 Å². The molecule has 11 nitrogen and oxygen atoms in total. The van der Waals surface area contributed by atoms with Crippen LogP contribution in [-0.2, 0) is 9.84 Å². The summed E-state index contributed by atoms with van der Waals surface area (Å²) >= 11 is 6.64. The van der Waals surface area contributed by atoms with Crippen molar-refractivity contribution in [3.63, 3.8) is 0 Å². The fourth-order valence-corrected chi connectivity index (χ4v) is 6.22. The Balaban J connectivity index is 1.44. The van der Waals surface area contributed by atoms with Crippen LogP contribution >= 0.6 is 11.6 Å². The van der Waals surface area contributed by atoms with E-state index in [9.17, 15) is 13.2 Å². The molecule has 6 rings (SSSR count). The highest BCUT2D eigenvalue weighted by Gasteiger charge is 2.38. The van der Waals surface area contributed by atoms with Gasteiger partial charge in [-0.2, -0.15) is 0 Å². The Morgan fingerprint density at radius 3 is 2.77 bits per heavy atom. The number of hydrogen-bond acceptors (Lipinski definition) is 8. The van der Waals surface area contributed by atoms with E-state index in [1.54, 1.807) is 31.0 Å². The summed E-state index contributed by atoms with van der Waals surface area (Å²) in [6.07, 6.45) is 8.50. The van der Waals surface area contributed by atoms with Gasteiger partial charge < -0.3 is 16.0 Å². The second kappa shape index (κ2) is 8.09. The molecular formula is C22H23ClN8O3S. The van der Waals surface area contributed by atoms with Gasteiger partial charge in [-0.1, -0.05) is 11.6 Å². The number of halogens is 1. The van der Waals surface area contributed by atoms with Gasteiger partial charge in [-0.3, -0.25) is 9.20 Å². The number of nitrogens with zero attached hydrogens (tertiary/aromatic N) is 6. The number of sulfone groups is 1. The Labute approximate surface area is 205 Å². The predicted molar refractivity (Wildman–Crippen MR) is 131 cm³/mol. The SMILES string of the molecule is Nc1nn2cccnc2c1C(=O)NC(c1cc(Cl)c2cncn2c1N1CCS(=O)(=O)CC1)C1CC1. The maximum Gasteiger partial charge on any atom is 0.259 e. The molecule has 0 aromatic carbocycles. The molecule has 1 unspecified atom stereocenters. The fourth-order valence-electron chi connectivity index (χ4n) is 4.76. The summed E-state index contributed by atoms with van der Waals surface area (Å²) < 4.78 is 27.6. The lowest BCUT2D eigenvalue weighted by Crippen LogP contribution is -2.42. The Hall–Kier alpha value is -3.38. The van der Waals surface area contributed by atoms with Gasteiger partial charge in [0, 0.05) is 31.0 Å². The van der Waals surface area contributed by atoms with Crippen LogP contribution < -0.4 is 16.0 Å². The topological polar surface area (TPSA) is 140 Å². The van der Waals surface area contributed by atoms with E-state index in [1.807, 2.05) is 15.4 Å². The number of anilines is 2. The van der Waals surface area contributed by atoms with E-state index in [-0.39, 0.29) is 40.8 Å². The van der Waals surface area contributed by atoms with E-state index in [0.29, 0.717) is 23.8 Å². The number of nitrogen functional groups attached to an aromatic ring is 1. The molecule has 1 aliphatic heterocycles. The first-order chi connectivity index (χ1) is 16.8. The number of rotatable bonds is 5. The third-order valence-electron chi connectivity index (χ3n) is 6.66. The van der Waals surface area contributed by atoms with E-state index >= 15 is 0 Å². The van der Waals surface area contributed by atoms with Gasteiger partial charge in [-0.25, -0.2) is 22.9 Å². The summed E-state index contributed by atoms with van der Waals surface area (Å²) in [5.74, 6) is 0.855. The van der Waals surface area contributed by atoms with E-state index in [2.05, 4.69) is 20.4 Å². The first kappa shape index (κ1) is 22.1. The van der Waals surface area contributed by atoms with Gasteiger partial charge in [0.1, 0.15) is 17.7 Å². The number of carbonyl (C=O) groups is 1. The number of carbonyl (C=O) groups excluding carboxylic acids is 1. The molecule has 5 heterocycles. The summed E-state index contributed by atoms with van der Waals surface area (Å²) in [6.45, 7) is 0.695. The van der Waals surface area contributed by atoms with E-state index in [0.717, 1.165) is 29.7 Å². The van der Waals surface area contributed by atoms with Crippen LogP contribution in [-0.4, -0.2) is 62.9 Å². The molecular weight excluding hydrogens is 492 g/mol. The largest absolute Gasteiger partial charge is 0.381 e. The third kappa shape index (κ3) is 3.86. The quantitative estimate of drug-likeness (QED) is 0.410. The molecule has 4 aromatic heterocycles. The third-order valence-corrected chi connectivity index (χ3v) is 8.57. The number of fused-ring (bicyclic) bond motifs is 2. The lowest BCUT2D eigenvalue weighted by molar-refractivity contribution is 0.0934. The van der Waals surface area contributed by atoms with Crippen molar-refractivity contribution in [3.8, 4) is 0 Å². The fraction of sp³-hybridized carbons (Fsp3) is 0.364. The molecule has 0 radical (unpaired) electrons. The second-order valence-electron chi connectivity index (χ2n) is 9.00. The minimum atomic E-state index is -3.08. The summed E-state index contributed by atoms with van der Waals surface area (Å²) in [5.41, 5.74) is 8.22. The Morgan fingerprint density at radius 1 is 1.26 bits per heavy atom. The van der Waals surface area contributed by atoms with Crippen LogP contribution in [0.5, 0.6) is 0 Å². The summed E-state index contributed by atoms with van der Waals surface area (Å²) in [5, 5.41) is 7.86. The van der Waals surface area contributed by atoms with Gasteiger partial charge >= 0.3 is 0 Å². The van der Waals surface area contributed by atoms with Gasteiger partial charge in [-0.15, -0.1) is 5.10 Å². The first-order valence-corrected chi connectivity index (χ1v) is 13.5. The van der Waals surface area contributed by atoms with Crippen molar-refractivity contribution in [2.75, 3.05) is 35.2 Å². The molecule has 1 saturated carbocycles. The van der Waals surface area contributed by atoms with Crippen LogP contribution in [0.1, 0.15) is 34.8 Å². The zero-order valence-electron chi connectivity index (χ0n) is 18.6. The molecule has 1 saturated heterocycles. The van der Waals surface area contributed by atoms with Crippen molar-refractivity contribution in [3.05, 3.63) is 53.2 Å². The smallest absolute Gasteiger partial charge is 0.259 e. The van der Waals surface area contributed by atoms with Gasteiger partial charge in [0.15, 0.2) is 21.3 Å². The van der Waals surface area contributed by atoms with Gasteiger partial charge in [0.25, 0.3) is 5.91 Å². The molecule has 3 N–H and O–H groups in total. The maximum atomic E-state index is 13.5. The molecule has 1 atom stereocenters. The Bertz CT molecular complexity index is 1560. The Kier molecular flexibility index (Phi) is 5.11. The zero-order valence-corrected chi connectivity index (χ0v) is 20.2. The highest BCUT2D eigenvalue weighted by atomic mass is 35.5. The monoisotopic (exact) mass is 514 g/mol. The van der Waals surface area contributed by atoms with Crippen LogP contribution in [0.25, 0.3) is 11.2 Å². The van der Waals surface area contributed by atoms with Gasteiger partial charge in [0.05, 0.1) is 34.3 Å². The number of nitrogens with two attached hydrogens (primary N) is 1. The van der Waals surface area contributed by atoms with Crippen molar-refractivity contribution < 1.29 is 13.2 Å². The Morgan fingerprint density at radius 2 is 2.03 bits per heavy atom. The number of aromatic nitrogens is 5. The zero-order chi connectivity index (χ0) is 24.3. The highest BCUT2D eigenvalue weighted by molar-refractivity contribution is 7.91. The molecule has 35 heavy (non-hydrogen) atoms.